The minimum Gasteiger partial charge on any atom is -0.319 e. The standard InChI is InChI=1S/C11H13BrN2S2/c1-7-8(5-6-13-2)16-11(14-7)9-3-4-10(12)15-9/h3-4,13H,5-6H2,1-2H3. The van der Waals surface area contributed by atoms with Crippen LogP contribution in [0.25, 0.3) is 9.88 Å². The van der Waals surface area contributed by atoms with E-state index in [4.69, 9.17) is 0 Å². The van der Waals surface area contributed by atoms with Crippen molar-refractivity contribution in [2.45, 2.75) is 13.3 Å². The van der Waals surface area contributed by atoms with Crippen molar-refractivity contribution < 1.29 is 0 Å². The maximum atomic E-state index is 4.63. The third-order valence-corrected chi connectivity index (χ3v) is 5.29. The summed E-state index contributed by atoms with van der Waals surface area (Å²) in [6.07, 6.45) is 1.06. The highest BCUT2D eigenvalue weighted by Gasteiger charge is 2.10. The summed E-state index contributed by atoms with van der Waals surface area (Å²) in [7, 11) is 1.98. The smallest absolute Gasteiger partial charge is 0.133 e. The SMILES string of the molecule is CNCCc1sc(-c2ccc(Br)s2)nc1C. The lowest BCUT2D eigenvalue weighted by molar-refractivity contribution is 0.795. The fourth-order valence-corrected chi connectivity index (χ4v) is 3.94. The molecule has 0 amide bonds. The van der Waals surface area contributed by atoms with Crippen LogP contribution in [0.1, 0.15) is 10.6 Å². The van der Waals surface area contributed by atoms with Gasteiger partial charge in [-0.1, -0.05) is 0 Å². The molecule has 2 nitrogen and oxygen atoms in total. The summed E-state index contributed by atoms with van der Waals surface area (Å²) in [6, 6.07) is 4.19. The predicted molar refractivity (Wildman–Crippen MR) is 75.5 cm³/mol. The van der Waals surface area contributed by atoms with Gasteiger partial charge in [0, 0.05) is 4.88 Å². The molecule has 0 aliphatic heterocycles. The third-order valence-electron chi connectivity index (χ3n) is 2.28. The van der Waals surface area contributed by atoms with E-state index in [0.29, 0.717) is 0 Å². The normalized spacial score (nSPS) is 10.9. The molecule has 0 saturated heterocycles. The summed E-state index contributed by atoms with van der Waals surface area (Å²) in [4.78, 5) is 7.26. The van der Waals surface area contributed by atoms with Crippen molar-refractivity contribution >= 4 is 38.6 Å². The number of rotatable bonds is 4. The van der Waals surface area contributed by atoms with Gasteiger partial charge in [0.2, 0.25) is 0 Å². The molecule has 1 N–H and O–H groups in total. The van der Waals surface area contributed by atoms with Gasteiger partial charge in [0.15, 0.2) is 0 Å². The molecule has 0 aromatic carbocycles. The number of thiazole rings is 1. The van der Waals surface area contributed by atoms with Crippen molar-refractivity contribution in [3.05, 3.63) is 26.5 Å². The summed E-state index contributed by atoms with van der Waals surface area (Å²) >= 11 is 7.02. The number of hydrogen-bond acceptors (Lipinski definition) is 4. The van der Waals surface area contributed by atoms with Crippen LogP contribution < -0.4 is 5.32 Å². The van der Waals surface area contributed by atoms with E-state index in [0.717, 1.165) is 21.8 Å². The van der Waals surface area contributed by atoms with E-state index in [-0.39, 0.29) is 0 Å². The van der Waals surface area contributed by atoms with Crippen LogP contribution in [0, 0.1) is 6.92 Å². The average molecular weight is 317 g/mol. The third kappa shape index (κ3) is 2.71. The van der Waals surface area contributed by atoms with Gasteiger partial charge in [-0.2, -0.15) is 0 Å². The van der Waals surface area contributed by atoms with Crippen LogP contribution in [0.15, 0.2) is 15.9 Å². The van der Waals surface area contributed by atoms with Crippen LogP contribution in [0.2, 0.25) is 0 Å². The number of halogens is 1. The molecule has 0 aliphatic carbocycles. The van der Waals surface area contributed by atoms with Crippen molar-refractivity contribution in [2.24, 2.45) is 0 Å². The second-order valence-electron chi connectivity index (χ2n) is 3.48. The van der Waals surface area contributed by atoms with Crippen LogP contribution in [0.5, 0.6) is 0 Å². The van der Waals surface area contributed by atoms with Gasteiger partial charge in [-0.05, 0) is 55.0 Å². The van der Waals surface area contributed by atoms with E-state index in [9.17, 15) is 0 Å². The maximum absolute atomic E-state index is 4.63. The Kier molecular flexibility index (Phi) is 4.13. The molecule has 2 aromatic heterocycles. The lowest BCUT2D eigenvalue weighted by atomic mass is 10.3. The molecule has 0 aliphatic rings. The molecule has 0 bridgehead atoms. The lowest BCUT2D eigenvalue weighted by Gasteiger charge is -1.95. The lowest BCUT2D eigenvalue weighted by Crippen LogP contribution is -2.09. The highest BCUT2D eigenvalue weighted by atomic mass is 79.9. The van der Waals surface area contributed by atoms with Gasteiger partial charge in [0.05, 0.1) is 14.4 Å². The van der Waals surface area contributed by atoms with Gasteiger partial charge in [-0.15, -0.1) is 22.7 Å². The highest BCUT2D eigenvalue weighted by Crippen LogP contribution is 2.35. The summed E-state index contributed by atoms with van der Waals surface area (Å²) < 4.78 is 1.16. The van der Waals surface area contributed by atoms with E-state index in [1.807, 2.05) is 7.05 Å². The average Bonchev–Trinajstić information content (AvgIpc) is 2.82. The second-order valence-corrected chi connectivity index (χ2v) is 7.03. The Labute approximate surface area is 112 Å². The van der Waals surface area contributed by atoms with Gasteiger partial charge in [-0.3, -0.25) is 0 Å². The Hall–Kier alpha value is -0.230. The predicted octanol–water partition coefficient (Wildman–Crippen LogP) is 3.70. The number of aryl methyl sites for hydroxylation is 1. The number of nitrogens with zero attached hydrogens (tertiary/aromatic N) is 1. The van der Waals surface area contributed by atoms with Crippen molar-refractivity contribution in [2.75, 3.05) is 13.6 Å². The molecular weight excluding hydrogens is 304 g/mol. The Balaban J connectivity index is 2.23. The number of hydrogen-bond donors (Lipinski definition) is 1. The zero-order valence-electron chi connectivity index (χ0n) is 9.21. The minimum atomic E-state index is 1.01. The fraction of sp³-hybridized carbons (Fsp3) is 0.364. The quantitative estimate of drug-likeness (QED) is 0.930. The Bertz CT molecular complexity index is 476. The molecule has 86 valence electrons. The fourth-order valence-electron chi connectivity index (χ4n) is 1.43. The first-order chi connectivity index (χ1) is 7.70. The highest BCUT2D eigenvalue weighted by molar-refractivity contribution is 9.11. The molecular formula is C11H13BrN2S2. The first-order valence-corrected chi connectivity index (χ1v) is 7.50. The molecule has 0 unspecified atom stereocenters. The Morgan fingerprint density at radius 1 is 1.38 bits per heavy atom. The molecule has 0 atom stereocenters. The van der Waals surface area contributed by atoms with E-state index in [1.165, 1.54) is 15.4 Å². The summed E-state index contributed by atoms with van der Waals surface area (Å²) in [5.74, 6) is 0. The van der Waals surface area contributed by atoms with E-state index >= 15 is 0 Å². The molecule has 5 heteroatoms. The van der Waals surface area contributed by atoms with Crippen LogP contribution in [0.4, 0.5) is 0 Å². The number of likely N-dealkylation sites (N-methyl/N-ethyl adjacent to an activating group) is 1. The second kappa shape index (κ2) is 5.40. The monoisotopic (exact) mass is 316 g/mol. The van der Waals surface area contributed by atoms with Gasteiger partial charge >= 0.3 is 0 Å². The van der Waals surface area contributed by atoms with Crippen molar-refractivity contribution in [3.8, 4) is 9.88 Å². The van der Waals surface area contributed by atoms with Gasteiger partial charge < -0.3 is 5.32 Å². The van der Waals surface area contributed by atoms with Gasteiger partial charge in [0.1, 0.15) is 5.01 Å². The number of aromatic nitrogens is 1. The Morgan fingerprint density at radius 3 is 2.81 bits per heavy atom. The van der Waals surface area contributed by atoms with E-state index in [1.54, 1.807) is 22.7 Å². The zero-order valence-corrected chi connectivity index (χ0v) is 12.4. The van der Waals surface area contributed by atoms with Crippen LogP contribution >= 0.6 is 38.6 Å². The molecule has 0 fully saturated rings. The van der Waals surface area contributed by atoms with Crippen molar-refractivity contribution in [1.29, 1.82) is 0 Å². The summed E-state index contributed by atoms with van der Waals surface area (Å²) in [6.45, 7) is 3.10. The van der Waals surface area contributed by atoms with Crippen LogP contribution in [0.3, 0.4) is 0 Å². The first kappa shape index (κ1) is 12.2. The largest absolute Gasteiger partial charge is 0.319 e. The first-order valence-electron chi connectivity index (χ1n) is 5.07. The summed E-state index contributed by atoms with van der Waals surface area (Å²) in [5, 5.41) is 4.31. The molecule has 0 saturated carbocycles. The van der Waals surface area contributed by atoms with Gasteiger partial charge in [-0.25, -0.2) is 4.98 Å². The minimum absolute atomic E-state index is 1.01. The van der Waals surface area contributed by atoms with Crippen LogP contribution in [-0.2, 0) is 6.42 Å². The topological polar surface area (TPSA) is 24.9 Å². The van der Waals surface area contributed by atoms with Gasteiger partial charge in [0.25, 0.3) is 0 Å². The van der Waals surface area contributed by atoms with Crippen molar-refractivity contribution in [3.63, 3.8) is 0 Å². The summed E-state index contributed by atoms with van der Waals surface area (Å²) in [5.41, 5.74) is 1.17. The molecule has 2 rings (SSSR count). The number of thiophene rings is 1. The molecule has 2 aromatic rings. The maximum Gasteiger partial charge on any atom is 0.133 e. The van der Waals surface area contributed by atoms with Crippen LogP contribution in [-0.4, -0.2) is 18.6 Å². The van der Waals surface area contributed by atoms with Crippen molar-refractivity contribution in [1.82, 2.24) is 10.3 Å². The molecule has 2 heterocycles. The number of nitrogens with one attached hydrogen (secondary N) is 1. The Morgan fingerprint density at radius 2 is 2.19 bits per heavy atom. The molecule has 16 heavy (non-hydrogen) atoms. The molecule has 0 spiro atoms. The van der Waals surface area contributed by atoms with E-state index in [2.05, 4.69) is 45.3 Å². The zero-order chi connectivity index (χ0) is 11.5. The molecule has 0 radical (unpaired) electrons. The van der Waals surface area contributed by atoms with E-state index < -0.39 is 0 Å².